The molecule has 1 fully saturated rings. The first-order valence-corrected chi connectivity index (χ1v) is 9.07. The number of primary amides is 2. The Balaban J connectivity index is 0.000000216. The first-order chi connectivity index (χ1) is 12.9. The van der Waals surface area contributed by atoms with Crippen LogP contribution in [0.5, 0.6) is 0 Å². The van der Waals surface area contributed by atoms with Gasteiger partial charge in [-0.2, -0.15) is 0 Å². The summed E-state index contributed by atoms with van der Waals surface area (Å²) >= 11 is 0. The molecule has 0 unspecified atom stereocenters. The zero-order valence-electron chi connectivity index (χ0n) is 15.4. The van der Waals surface area contributed by atoms with Gasteiger partial charge in [-0.3, -0.25) is 14.4 Å². The molecule has 5 N–H and O–H groups in total. The number of hydrogen-bond acceptors (Lipinski definition) is 3. The van der Waals surface area contributed by atoms with Gasteiger partial charge in [0.15, 0.2) is 0 Å². The average molecular weight is 370 g/mol. The van der Waals surface area contributed by atoms with Crippen LogP contribution in [0.15, 0.2) is 36.9 Å². The Labute approximate surface area is 158 Å². The molecule has 27 heavy (non-hydrogen) atoms. The van der Waals surface area contributed by atoms with Crippen molar-refractivity contribution < 1.29 is 14.4 Å². The number of carbonyl (C=O) groups is 3. The van der Waals surface area contributed by atoms with E-state index in [9.17, 15) is 14.4 Å². The zero-order chi connectivity index (χ0) is 19.8. The molecule has 3 amide bonds. The molecule has 0 radical (unpaired) electrons. The molecule has 2 aromatic rings. The van der Waals surface area contributed by atoms with E-state index in [4.69, 9.17) is 5.73 Å². The number of nitrogens with one attached hydrogen (secondary N) is 1. The maximum atomic E-state index is 11.7. The van der Waals surface area contributed by atoms with E-state index in [1.54, 1.807) is 12.1 Å². The molecule has 7 heteroatoms. The number of nitrogens with two attached hydrogens (primary N) is 2. The summed E-state index contributed by atoms with van der Waals surface area (Å²) in [4.78, 5) is 32.3. The van der Waals surface area contributed by atoms with Gasteiger partial charge in [0.2, 0.25) is 11.8 Å². The molecule has 1 aromatic heterocycles. The van der Waals surface area contributed by atoms with Gasteiger partial charge in [-0.25, -0.2) is 0 Å². The highest BCUT2D eigenvalue weighted by Crippen LogP contribution is 2.22. The SMILES string of the molecule is C1CCCC1.C=CC(N)=O.NC(=O)c1ccc2cc3n(c2c1)CCNC3=O. The lowest BCUT2D eigenvalue weighted by atomic mass is 10.1. The lowest BCUT2D eigenvalue weighted by Crippen LogP contribution is -2.34. The van der Waals surface area contributed by atoms with E-state index in [0.29, 0.717) is 24.3 Å². The molecular weight excluding hydrogens is 344 g/mol. The third-order valence-corrected chi connectivity index (χ3v) is 4.49. The monoisotopic (exact) mass is 370 g/mol. The van der Waals surface area contributed by atoms with Gasteiger partial charge in [0, 0.05) is 29.6 Å². The molecule has 4 rings (SSSR count). The van der Waals surface area contributed by atoms with Crippen molar-refractivity contribution in [3.63, 3.8) is 0 Å². The standard InChI is InChI=1S/C12H11N3O2.C5H10.C3H5NO/c13-11(16)8-2-1-7-5-10-12(17)14-3-4-15(10)9(7)6-8;1-2-4-5-3-1;1-2-3(4)5/h1-2,5-6H,3-4H2,(H2,13,16)(H,14,17);1-5H2;2H,1H2,(H2,4,5). The molecule has 2 aliphatic rings. The molecule has 0 saturated heterocycles. The molecular formula is C20H26N4O3. The topological polar surface area (TPSA) is 120 Å². The van der Waals surface area contributed by atoms with Gasteiger partial charge in [-0.05, 0) is 24.3 Å². The molecule has 0 bridgehead atoms. The number of hydrogen-bond donors (Lipinski definition) is 3. The normalized spacial score (nSPS) is 14.7. The van der Waals surface area contributed by atoms with Crippen molar-refractivity contribution in [2.45, 2.75) is 38.6 Å². The lowest BCUT2D eigenvalue weighted by molar-refractivity contribution is -0.113. The van der Waals surface area contributed by atoms with E-state index in [1.165, 1.54) is 32.1 Å². The Morgan fingerprint density at radius 1 is 1.07 bits per heavy atom. The summed E-state index contributed by atoms with van der Waals surface area (Å²) in [5.74, 6) is -1.01. The molecule has 1 saturated carbocycles. The minimum atomic E-state index is -0.481. The summed E-state index contributed by atoms with van der Waals surface area (Å²) in [7, 11) is 0. The van der Waals surface area contributed by atoms with Crippen molar-refractivity contribution >= 4 is 28.6 Å². The first-order valence-electron chi connectivity index (χ1n) is 9.07. The first kappa shape index (κ1) is 20.2. The lowest BCUT2D eigenvalue weighted by Gasteiger charge is -2.16. The molecule has 144 valence electrons. The van der Waals surface area contributed by atoms with Crippen LogP contribution in [0.4, 0.5) is 0 Å². The Hall–Kier alpha value is -3.09. The van der Waals surface area contributed by atoms with Crippen LogP contribution in [0, 0.1) is 0 Å². The van der Waals surface area contributed by atoms with Crippen molar-refractivity contribution in [3.8, 4) is 0 Å². The average Bonchev–Trinajstić information content (AvgIpc) is 3.34. The number of benzene rings is 1. The highest BCUT2D eigenvalue weighted by molar-refractivity contribution is 6.02. The number of carbonyl (C=O) groups excluding carboxylic acids is 3. The summed E-state index contributed by atoms with van der Waals surface area (Å²) in [5, 5.41) is 3.73. The summed E-state index contributed by atoms with van der Waals surface area (Å²) in [6, 6.07) is 7.05. The van der Waals surface area contributed by atoms with E-state index >= 15 is 0 Å². The molecule has 1 aromatic carbocycles. The van der Waals surface area contributed by atoms with Crippen LogP contribution in [-0.4, -0.2) is 28.8 Å². The fourth-order valence-corrected chi connectivity index (χ4v) is 3.09. The largest absolute Gasteiger partial charge is 0.366 e. The third-order valence-electron chi connectivity index (χ3n) is 4.49. The van der Waals surface area contributed by atoms with Crippen molar-refractivity contribution in [2.75, 3.05) is 6.54 Å². The Kier molecular flexibility index (Phi) is 7.16. The Morgan fingerprint density at radius 3 is 2.19 bits per heavy atom. The maximum Gasteiger partial charge on any atom is 0.268 e. The minimum Gasteiger partial charge on any atom is -0.366 e. The van der Waals surface area contributed by atoms with Gasteiger partial charge < -0.3 is 21.4 Å². The summed E-state index contributed by atoms with van der Waals surface area (Å²) in [6.45, 7) is 4.41. The van der Waals surface area contributed by atoms with E-state index < -0.39 is 11.8 Å². The third kappa shape index (κ3) is 5.44. The van der Waals surface area contributed by atoms with Gasteiger partial charge in [0.25, 0.3) is 5.91 Å². The van der Waals surface area contributed by atoms with Crippen molar-refractivity contribution in [1.29, 1.82) is 0 Å². The van der Waals surface area contributed by atoms with Crippen LogP contribution in [-0.2, 0) is 11.3 Å². The number of rotatable bonds is 2. The van der Waals surface area contributed by atoms with Crippen LogP contribution >= 0.6 is 0 Å². The highest BCUT2D eigenvalue weighted by atomic mass is 16.2. The fourth-order valence-electron chi connectivity index (χ4n) is 3.09. The van der Waals surface area contributed by atoms with Gasteiger partial charge in [0.1, 0.15) is 5.69 Å². The van der Waals surface area contributed by atoms with E-state index in [-0.39, 0.29) is 5.91 Å². The zero-order valence-corrected chi connectivity index (χ0v) is 15.4. The van der Waals surface area contributed by atoms with Crippen molar-refractivity contribution in [2.24, 2.45) is 11.5 Å². The number of fused-ring (bicyclic) bond motifs is 3. The number of amides is 3. The van der Waals surface area contributed by atoms with Crippen LogP contribution in [0.1, 0.15) is 53.0 Å². The summed E-state index contributed by atoms with van der Waals surface area (Å²) < 4.78 is 1.92. The minimum absolute atomic E-state index is 0.0759. The van der Waals surface area contributed by atoms with Gasteiger partial charge in [-0.1, -0.05) is 44.7 Å². The molecule has 0 atom stereocenters. The fraction of sp³-hybridized carbons (Fsp3) is 0.350. The molecule has 2 heterocycles. The maximum absolute atomic E-state index is 11.7. The molecule has 7 nitrogen and oxygen atoms in total. The predicted molar refractivity (Wildman–Crippen MR) is 105 cm³/mol. The highest BCUT2D eigenvalue weighted by Gasteiger charge is 2.19. The Morgan fingerprint density at radius 2 is 1.67 bits per heavy atom. The van der Waals surface area contributed by atoms with Crippen LogP contribution in [0.3, 0.4) is 0 Å². The number of nitrogens with zero attached hydrogens (tertiary/aromatic N) is 1. The molecule has 0 spiro atoms. The summed E-state index contributed by atoms with van der Waals surface area (Å²) in [5.41, 5.74) is 11.8. The van der Waals surface area contributed by atoms with Gasteiger partial charge in [-0.15, -0.1) is 0 Å². The van der Waals surface area contributed by atoms with Crippen molar-refractivity contribution in [1.82, 2.24) is 9.88 Å². The van der Waals surface area contributed by atoms with Gasteiger partial charge in [0.05, 0.1) is 0 Å². The molecule has 1 aliphatic carbocycles. The van der Waals surface area contributed by atoms with Crippen LogP contribution in [0.25, 0.3) is 10.9 Å². The van der Waals surface area contributed by atoms with E-state index in [1.807, 2.05) is 16.7 Å². The van der Waals surface area contributed by atoms with Crippen LogP contribution < -0.4 is 16.8 Å². The second-order valence-electron chi connectivity index (χ2n) is 6.45. The van der Waals surface area contributed by atoms with Gasteiger partial charge >= 0.3 is 0 Å². The summed E-state index contributed by atoms with van der Waals surface area (Å²) in [6.07, 6.45) is 8.56. The molecule has 1 aliphatic heterocycles. The number of aromatic nitrogens is 1. The smallest absolute Gasteiger partial charge is 0.268 e. The van der Waals surface area contributed by atoms with Crippen molar-refractivity contribution in [3.05, 3.63) is 48.2 Å². The van der Waals surface area contributed by atoms with E-state index in [2.05, 4.69) is 17.6 Å². The van der Waals surface area contributed by atoms with Crippen LogP contribution in [0.2, 0.25) is 0 Å². The second-order valence-corrected chi connectivity index (χ2v) is 6.45. The predicted octanol–water partition coefficient (Wildman–Crippen LogP) is 2.09. The van der Waals surface area contributed by atoms with E-state index in [0.717, 1.165) is 17.0 Å². The quantitative estimate of drug-likeness (QED) is 0.702. The Bertz CT molecular complexity index is 843. The second kappa shape index (κ2) is 9.56.